The number of carbonyl (C=O) groups excluding carboxylic acids is 2. The number of Topliss-reactive ketones (excluding diaryl/α,β-unsaturated/α-hetero) is 1. The highest BCUT2D eigenvalue weighted by atomic mass is 79.9. The molecular weight excluding hydrogens is 516 g/mol. The molecule has 2 aromatic heterocycles. The van der Waals surface area contributed by atoms with E-state index in [1.165, 1.54) is 11.3 Å². The fourth-order valence-electron chi connectivity index (χ4n) is 4.41. The number of rotatable bonds is 7. The summed E-state index contributed by atoms with van der Waals surface area (Å²) in [6, 6.07) is 16.1. The first-order valence-electron chi connectivity index (χ1n) is 10.7. The zero-order valence-corrected chi connectivity index (χ0v) is 20.7. The molecule has 1 aliphatic rings. The first-order chi connectivity index (χ1) is 16.5. The lowest BCUT2D eigenvalue weighted by atomic mass is 9.95. The van der Waals surface area contributed by atoms with Crippen molar-refractivity contribution in [2.24, 2.45) is 0 Å². The van der Waals surface area contributed by atoms with Crippen LogP contribution in [0.5, 0.6) is 5.75 Å². The SMILES string of the molecule is COc1ccc2[nH]cc(CCN3C(=O)C(O)=C(C(=O)c4cccs4)[C@@H]3c3cccc(Br)c3)c2c1. The predicted molar refractivity (Wildman–Crippen MR) is 135 cm³/mol. The molecule has 1 amide bonds. The number of ketones is 1. The Balaban J connectivity index is 1.51. The third kappa shape index (κ3) is 3.93. The quantitative estimate of drug-likeness (QED) is 0.291. The number of hydrogen-bond donors (Lipinski definition) is 2. The van der Waals surface area contributed by atoms with Crippen molar-refractivity contribution in [2.75, 3.05) is 13.7 Å². The fraction of sp³-hybridized carbons (Fsp3) is 0.154. The zero-order chi connectivity index (χ0) is 23.8. The second kappa shape index (κ2) is 9.12. The maximum Gasteiger partial charge on any atom is 0.290 e. The molecule has 0 saturated heterocycles. The van der Waals surface area contributed by atoms with Crippen LogP contribution < -0.4 is 4.74 Å². The predicted octanol–water partition coefficient (Wildman–Crippen LogP) is 5.82. The van der Waals surface area contributed by atoms with Crippen LogP contribution in [0.2, 0.25) is 0 Å². The van der Waals surface area contributed by atoms with Crippen molar-refractivity contribution in [1.29, 1.82) is 0 Å². The van der Waals surface area contributed by atoms with E-state index in [9.17, 15) is 14.7 Å². The highest BCUT2D eigenvalue weighted by Crippen LogP contribution is 2.40. The van der Waals surface area contributed by atoms with E-state index in [-0.39, 0.29) is 11.4 Å². The molecule has 0 aliphatic carbocycles. The van der Waals surface area contributed by atoms with Crippen molar-refractivity contribution in [1.82, 2.24) is 9.88 Å². The highest BCUT2D eigenvalue weighted by Gasteiger charge is 2.43. The lowest BCUT2D eigenvalue weighted by Crippen LogP contribution is -2.33. The number of benzene rings is 2. The van der Waals surface area contributed by atoms with Crippen molar-refractivity contribution in [2.45, 2.75) is 12.5 Å². The Morgan fingerprint density at radius 3 is 2.79 bits per heavy atom. The standard InChI is InChI=1S/C26H21BrN2O4S/c1-33-18-7-8-20-19(13-18)16(14-28-20)9-10-29-23(15-4-2-5-17(27)12-15)22(25(31)26(29)32)24(30)21-6-3-11-34-21/h2-8,11-14,23,28,31H,9-10H2,1H3/t23-/m0/s1. The van der Waals surface area contributed by atoms with Crippen LogP contribution >= 0.6 is 27.3 Å². The minimum atomic E-state index is -0.681. The Morgan fingerprint density at radius 2 is 2.06 bits per heavy atom. The Bertz CT molecular complexity index is 1420. The van der Waals surface area contributed by atoms with E-state index < -0.39 is 17.7 Å². The normalized spacial score (nSPS) is 16.0. The molecular formula is C26H21BrN2O4S. The number of nitrogens with one attached hydrogen (secondary N) is 1. The summed E-state index contributed by atoms with van der Waals surface area (Å²) in [5, 5.41) is 13.6. The van der Waals surface area contributed by atoms with Gasteiger partial charge in [-0.15, -0.1) is 11.3 Å². The van der Waals surface area contributed by atoms with E-state index in [0.717, 1.165) is 32.3 Å². The van der Waals surface area contributed by atoms with Gasteiger partial charge in [0.2, 0.25) is 5.78 Å². The average molecular weight is 537 g/mol. The number of ether oxygens (including phenoxy) is 1. The van der Waals surface area contributed by atoms with E-state index in [1.54, 1.807) is 29.5 Å². The Kier molecular flexibility index (Phi) is 6.02. The fourth-order valence-corrected chi connectivity index (χ4v) is 5.51. The number of aliphatic hydroxyl groups excluding tert-OH is 1. The van der Waals surface area contributed by atoms with Gasteiger partial charge in [-0.1, -0.05) is 34.1 Å². The minimum Gasteiger partial charge on any atom is -0.503 e. The molecule has 0 unspecified atom stereocenters. The van der Waals surface area contributed by atoms with Gasteiger partial charge in [0.25, 0.3) is 5.91 Å². The molecule has 0 saturated carbocycles. The number of hydrogen-bond acceptors (Lipinski definition) is 5. The van der Waals surface area contributed by atoms with E-state index in [4.69, 9.17) is 4.74 Å². The Hall–Kier alpha value is -3.36. The molecule has 1 aliphatic heterocycles. The minimum absolute atomic E-state index is 0.117. The molecule has 4 aromatic rings. The van der Waals surface area contributed by atoms with E-state index in [0.29, 0.717) is 17.8 Å². The molecule has 0 spiro atoms. The van der Waals surface area contributed by atoms with Crippen LogP contribution in [-0.2, 0) is 11.2 Å². The smallest absolute Gasteiger partial charge is 0.290 e. The van der Waals surface area contributed by atoms with E-state index >= 15 is 0 Å². The third-order valence-electron chi connectivity index (χ3n) is 6.05. The summed E-state index contributed by atoms with van der Waals surface area (Å²) in [7, 11) is 1.62. The van der Waals surface area contributed by atoms with Crippen LogP contribution in [-0.4, -0.2) is 40.3 Å². The number of amides is 1. The summed E-state index contributed by atoms with van der Waals surface area (Å²) in [4.78, 5) is 31.9. The van der Waals surface area contributed by atoms with Crippen LogP contribution in [0, 0.1) is 0 Å². The van der Waals surface area contributed by atoms with Gasteiger partial charge in [0.05, 0.1) is 23.6 Å². The number of aromatic amines is 1. The summed E-state index contributed by atoms with van der Waals surface area (Å²) in [6.45, 7) is 0.325. The molecule has 5 rings (SSSR count). The van der Waals surface area contributed by atoms with Crippen LogP contribution in [0.25, 0.3) is 10.9 Å². The van der Waals surface area contributed by atoms with Crippen LogP contribution in [0.1, 0.15) is 26.8 Å². The molecule has 0 bridgehead atoms. The molecule has 2 N–H and O–H groups in total. The number of thiophene rings is 1. The summed E-state index contributed by atoms with van der Waals surface area (Å²) in [6.07, 6.45) is 2.46. The number of nitrogens with zero attached hydrogens (tertiary/aromatic N) is 1. The second-order valence-electron chi connectivity index (χ2n) is 8.00. The van der Waals surface area contributed by atoms with E-state index in [2.05, 4.69) is 20.9 Å². The maximum absolute atomic E-state index is 13.3. The molecule has 3 heterocycles. The summed E-state index contributed by atoms with van der Waals surface area (Å²) in [5.41, 5.74) is 2.87. The second-order valence-corrected chi connectivity index (χ2v) is 9.86. The molecule has 1 atom stereocenters. The molecule has 0 fully saturated rings. The number of aliphatic hydroxyl groups is 1. The first-order valence-corrected chi connectivity index (χ1v) is 12.4. The van der Waals surface area contributed by atoms with Crippen LogP contribution in [0.4, 0.5) is 0 Å². The molecule has 34 heavy (non-hydrogen) atoms. The number of aromatic nitrogens is 1. The number of fused-ring (bicyclic) bond motifs is 1. The van der Waals surface area contributed by atoms with Crippen molar-refractivity contribution in [3.8, 4) is 5.75 Å². The molecule has 172 valence electrons. The van der Waals surface area contributed by atoms with Crippen molar-refractivity contribution >= 4 is 49.9 Å². The number of methoxy groups -OCH3 is 1. The van der Waals surface area contributed by atoms with Crippen LogP contribution in [0.3, 0.4) is 0 Å². The summed E-state index contributed by atoms with van der Waals surface area (Å²) >= 11 is 4.77. The topological polar surface area (TPSA) is 82.6 Å². The monoisotopic (exact) mass is 536 g/mol. The number of carbonyl (C=O) groups is 2. The van der Waals surface area contributed by atoms with Crippen molar-refractivity contribution in [3.05, 3.63) is 98.0 Å². The number of H-pyrrole nitrogens is 1. The van der Waals surface area contributed by atoms with Gasteiger partial charge in [-0.05, 0) is 59.3 Å². The van der Waals surface area contributed by atoms with Crippen molar-refractivity contribution < 1.29 is 19.4 Å². The lowest BCUT2D eigenvalue weighted by Gasteiger charge is -2.27. The Morgan fingerprint density at radius 1 is 1.21 bits per heavy atom. The van der Waals surface area contributed by atoms with Gasteiger partial charge < -0.3 is 19.7 Å². The van der Waals surface area contributed by atoms with Crippen LogP contribution in [0.15, 0.2) is 82.0 Å². The van der Waals surface area contributed by atoms with Gasteiger partial charge >= 0.3 is 0 Å². The zero-order valence-electron chi connectivity index (χ0n) is 18.2. The molecule has 8 heteroatoms. The molecule has 0 radical (unpaired) electrons. The lowest BCUT2D eigenvalue weighted by molar-refractivity contribution is -0.129. The average Bonchev–Trinajstić information content (AvgIpc) is 3.57. The van der Waals surface area contributed by atoms with Gasteiger partial charge in [-0.25, -0.2) is 0 Å². The van der Waals surface area contributed by atoms with Gasteiger partial charge in [-0.2, -0.15) is 0 Å². The van der Waals surface area contributed by atoms with Gasteiger partial charge in [0.15, 0.2) is 5.76 Å². The maximum atomic E-state index is 13.3. The molecule has 6 nitrogen and oxygen atoms in total. The molecule has 2 aromatic carbocycles. The Labute approximate surface area is 208 Å². The first kappa shape index (κ1) is 22.4. The summed E-state index contributed by atoms with van der Waals surface area (Å²) in [5.74, 6) is -0.600. The number of halogens is 1. The summed E-state index contributed by atoms with van der Waals surface area (Å²) < 4.78 is 6.19. The van der Waals surface area contributed by atoms with Gasteiger partial charge in [0.1, 0.15) is 5.75 Å². The van der Waals surface area contributed by atoms with Crippen molar-refractivity contribution in [3.63, 3.8) is 0 Å². The third-order valence-corrected chi connectivity index (χ3v) is 7.42. The van der Waals surface area contributed by atoms with E-state index in [1.807, 2.05) is 48.7 Å². The van der Waals surface area contributed by atoms with Gasteiger partial charge in [0, 0.05) is 28.1 Å². The highest BCUT2D eigenvalue weighted by molar-refractivity contribution is 9.10. The largest absolute Gasteiger partial charge is 0.503 e. The van der Waals surface area contributed by atoms with Gasteiger partial charge in [-0.3, -0.25) is 9.59 Å².